The fraction of sp³-hybridized carbons (Fsp3) is 0.400. The van der Waals surface area contributed by atoms with E-state index in [1.54, 1.807) is 0 Å². The fourth-order valence-electron chi connectivity index (χ4n) is 1.42. The van der Waals surface area contributed by atoms with E-state index in [4.69, 9.17) is 16.4 Å². The van der Waals surface area contributed by atoms with Crippen molar-refractivity contribution >= 4 is 27.3 Å². The van der Waals surface area contributed by atoms with E-state index >= 15 is 0 Å². The molecule has 72 valence electrons. The van der Waals surface area contributed by atoms with Gasteiger partial charge >= 0.3 is 0 Å². The first-order valence-electron chi connectivity index (χ1n) is 4.15. The minimum atomic E-state index is 0.893. The molecule has 0 saturated carbocycles. The second-order valence-corrected chi connectivity index (χ2v) is 4.35. The van der Waals surface area contributed by atoms with Gasteiger partial charge in [0.05, 0.1) is 0 Å². The van der Waals surface area contributed by atoms with Crippen LogP contribution in [0.5, 0.6) is 0 Å². The molecular weight excluding hydrogens is 202 g/mol. The maximum absolute atomic E-state index is 5.95. The summed E-state index contributed by atoms with van der Waals surface area (Å²) in [6, 6.07) is 0. The van der Waals surface area contributed by atoms with Crippen molar-refractivity contribution in [3.05, 3.63) is 22.3 Å². The Bertz CT molecular complexity index is 318. The zero-order chi connectivity index (χ0) is 10.2. The number of nitrogens with two attached hydrogens (primary N) is 1. The van der Waals surface area contributed by atoms with Crippen LogP contribution in [-0.4, -0.2) is 0 Å². The maximum Gasteiger partial charge on any atom is 0.0379 e. The molecule has 0 aliphatic carbocycles. The number of halogens is 1. The molecule has 0 fully saturated rings. The molecule has 1 rings (SSSR count). The predicted molar refractivity (Wildman–Crippen MR) is 61.5 cm³/mol. The second-order valence-electron chi connectivity index (χ2n) is 3.32. The highest BCUT2D eigenvalue weighted by molar-refractivity contribution is 8.21. The minimum Gasteiger partial charge on any atom is -0.398 e. The van der Waals surface area contributed by atoms with E-state index in [0.717, 1.165) is 21.7 Å². The van der Waals surface area contributed by atoms with E-state index in [-0.39, 0.29) is 0 Å². The van der Waals surface area contributed by atoms with Gasteiger partial charge in [-0.2, -0.15) is 0 Å². The fourth-order valence-corrected chi connectivity index (χ4v) is 2.65. The average molecular weight is 216 g/mol. The number of benzene rings is 1. The standard InChI is InChI=1S/C10H14ClNS/c1-5-7(3)10(13-11)8(4)6(2)9(5)12/h12H2,1-4H3. The van der Waals surface area contributed by atoms with E-state index in [2.05, 4.69) is 13.8 Å². The monoisotopic (exact) mass is 215 g/mol. The molecule has 0 spiro atoms. The Morgan fingerprint density at radius 1 is 0.923 bits per heavy atom. The highest BCUT2D eigenvalue weighted by Crippen LogP contribution is 2.36. The lowest BCUT2D eigenvalue weighted by molar-refractivity contribution is 1.14. The quantitative estimate of drug-likeness (QED) is 0.723. The molecule has 0 saturated heterocycles. The molecular formula is C10H14ClNS. The first kappa shape index (κ1) is 10.7. The van der Waals surface area contributed by atoms with Crippen LogP contribution in [0.1, 0.15) is 22.3 Å². The molecule has 2 N–H and O–H groups in total. The van der Waals surface area contributed by atoms with Gasteiger partial charge < -0.3 is 5.73 Å². The number of hydrogen-bond acceptors (Lipinski definition) is 2. The number of nitrogen functional groups attached to an aromatic ring is 1. The normalized spacial score (nSPS) is 10.5. The summed E-state index contributed by atoms with van der Waals surface area (Å²) in [7, 11) is 7.09. The SMILES string of the molecule is Cc1c(C)c(SCl)c(C)c(C)c1N. The molecule has 0 bridgehead atoms. The van der Waals surface area contributed by atoms with Crippen LogP contribution in [0, 0.1) is 27.7 Å². The van der Waals surface area contributed by atoms with E-state index in [0.29, 0.717) is 0 Å². The molecule has 0 heterocycles. The summed E-state index contributed by atoms with van der Waals surface area (Å²) in [5.41, 5.74) is 11.5. The van der Waals surface area contributed by atoms with Crippen LogP contribution in [0.15, 0.2) is 4.90 Å². The van der Waals surface area contributed by atoms with Crippen LogP contribution in [0.25, 0.3) is 0 Å². The lowest BCUT2D eigenvalue weighted by atomic mass is 9.99. The summed E-state index contributed by atoms with van der Waals surface area (Å²) in [5.74, 6) is 0. The number of hydrogen-bond donors (Lipinski definition) is 1. The smallest absolute Gasteiger partial charge is 0.0379 e. The molecule has 0 aromatic heterocycles. The van der Waals surface area contributed by atoms with E-state index in [1.807, 2.05) is 13.8 Å². The highest BCUT2D eigenvalue weighted by atomic mass is 35.7. The third-order valence-corrected chi connectivity index (χ3v) is 3.92. The summed E-state index contributed by atoms with van der Waals surface area (Å²) in [6.07, 6.45) is 0. The van der Waals surface area contributed by atoms with E-state index in [9.17, 15) is 0 Å². The minimum absolute atomic E-state index is 0.893. The summed E-state index contributed by atoms with van der Waals surface area (Å²) >= 11 is 0. The van der Waals surface area contributed by atoms with Gasteiger partial charge in [0, 0.05) is 10.6 Å². The third kappa shape index (κ3) is 1.65. The van der Waals surface area contributed by atoms with Crippen molar-refractivity contribution in [1.29, 1.82) is 0 Å². The molecule has 1 nitrogen and oxygen atoms in total. The van der Waals surface area contributed by atoms with Gasteiger partial charge in [0.2, 0.25) is 0 Å². The lowest BCUT2D eigenvalue weighted by Gasteiger charge is -2.15. The Hall–Kier alpha value is -0.340. The van der Waals surface area contributed by atoms with Crippen LogP contribution in [0.3, 0.4) is 0 Å². The summed E-state index contributed by atoms with van der Waals surface area (Å²) in [6.45, 7) is 8.19. The first-order valence-corrected chi connectivity index (χ1v) is 5.79. The van der Waals surface area contributed by atoms with Gasteiger partial charge in [0.1, 0.15) is 0 Å². The summed E-state index contributed by atoms with van der Waals surface area (Å²) in [4.78, 5) is 1.14. The molecule has 13 heavy (non-hydrogen) atoms. The molecule has 0 aliphatic rings. The molecule has 0 aliphatic heterocycles. The average Bonchev–Trinajstić information content (AvgIpc) is 2.13. The van der Waals surface area contributed by atoms with Gasteiger partial charge in [-0.05, 0) is 71.6 Å². The van der Waals surface area contributed by atoms with Crippen molar-refractivity contribution in [2.45, 2.75) is 32.6 Å². The van der Waals surface area contributed by atoms with Gasteiger partial charge in [0.25, 0.3) is 0 Å². The predicted octanol–water partition coefficient (Wildman–Crippen LogP) is 3.75. The lowest BCUT2D eigenvalue weighted by Crippen LogP contribution is -2.00. The first-order chi connectivity index (χ1) is 6.00. The van der Waals surface area contributed by atoms with Gasteiger partial charge in [-0.15, -0.1) is 0 Å². The molecule has 0 radical (unpaired) electrons. The topological polar surface area (TPSA) is 26.0 Å². The zero-order valence-corrected chi connectivity index (χ0v) is 9.94. The molecule has 3 heteroatoms. The van der Waals surface area contributed by atoms with Crippen molar-refractivity contribution in [2.24, 2.45) is 0 Å². The van der Waals surface area contributed by atoms with E-state index < -0.39 is 0 Å². The zero-order valence-electron chi connectivity index (χ0n) is 8.36. The van der Waals surface area contributed by atoms with Gasteiger partial charge in [-0.1, -0.05) is 0 Å². The van der Waals surface area contributed by atoms with Crippen LogP contribution in [0.2, 0.25) is 0 Å². The van der Waals surface area contributed by atoms with Crippen molar-refractivity contribution in [3.63, 3.8) is 0 Å². The Balaban J connectivity index is 3.56. The van der Waals surface area contributed by atoms with Crippen molar-refractivity contribution < 1.29 is 0 Å². The largest absolute Gasteiger partial charge is 0.398 e. The highest BCUT2D eigenvalue weighted by Gasteiger charge is 2.12. The summed E-state index contributed by atoms with van der Waals surface area (Å²) < 4.78 is 0. The Kier molecular flexibility index (Phi) is 3.14. The van der Waals surface area contributed by atoms with Crippen molar-refractivity contribution in [3.8, 4) is 0 Å². The van der Waals surface area contributed by atoms with Gasteiger partial charge in [-0.25, -0.2) is 0 Å². The second kappa shape index (κ2) is 3.81. The molecule has 1 aromatic carbocycles. The van der Waals surface area contributed by atoms with Gasteiger partial charge in [0.15, 0.2) is 0 Å². The van der Waals surface area contributed by atoms with Crippen molar-refractivity contribution in [1.82, 2.24) is 0 Å². The maximum atomic E-state index is 5.95. The number of rotatable bonds is 1. The molecule has 0 atom stereocenters. The molecule has 1 aromatic rings. The van der Waals surface area contributed by atoms with Crippen LogP contribution >= 0.6 is 21.7 Å². The Labute approximate surface area is 88.2 Å². The third-order valence-electron chi connectivity index (χ3n) is 2.69. The molecule has 0 amide bonds. The van der Waals surface area contributed by atoms with Gasteiger partial charge in [-0.3, -0.25) is 0 Å². The van der Waals surface area contributed by atoms with E-state index in [1.165, 1.54) is 22.1 Å². The van der Waals surface area contributed by atoms with Crippen molar-refractivity contribution in [2.75, 3.05) is 5.73 Å². The van der Waals surface area contributed by atoms with Crippen LogP contribution < -0.4 is 5.73 Å². The molecule has 0 unspecified atom stereocenters. The Morgan fingerprint density at radius 3 is 1.62 bits per heavy atom. The number of anilines is 1. The Morgan fingerprint density at radius 2 is 1.31 bits per heavy atom. The van der Waals surface area contributed by atoms with Crippen LogP contribution in [-0.2, 0) is 0 Å². The van der Waals surface area contributed by atoms with Crippen LogP contribution in [0.4, 0.5) is 5.69 Å². The summed E-state index contributed by atoms with van der Waals surface area (Å²) in [5, 5.41) is 0.